The Balaban J connectivity index is 1.25. The number of carbonyl (C=O) groups excluding carboxylic acids is 1. The zero-order valence-corrected chi connectivity index (χ0v) is 17.3. The third-order valence-corrected chi connectivity index (χ3v) is 6.34. The molecule has 2 aromatic rings. The van der Waals surface area contributed by atoms with E-state index in [9.17, 15) is 10.1 Å². The summed E-state index contributed by atoms with van der Waals surface area (Å²) in [5.74, 6) is 1.30. The summed E-state index contributed by atoms with van der Waals surface area (Å²) in [5, 5.41) is 12.9. The largest absolute Gasteiger partial charge is 0.379 e. The summed E-state index contributed by atoms with van der Waals surface area (Å²) in [6.45, 7) is 4.63. The molecule has 0 aromatic carbocycles. The molecular formula is C22H25N7O2. The van der Waals surface area contributed by atoms with Crippen LogP contribution in [-0.4, -0.2) is 58.6 Å². The zero-order chi connectivity index (χ0) is 21.3. The third-order valence-electron chi connectivity index (χ3n) is 6.34. The monoisotopic (exact) mass is 419 g/mol. The minimum atomic E-state index is -0.849. The average Bonchev–Trinajstić information content (AvgIpc) is 3.60. The molecule has 3 aliphatic rings. The topological polar surface area (TPSA) is 107 Å². The molecule has 1 aliphatic carbocycles. The van der Waals surface area contributed by atoms with Gasteiger partial charge in [0.05, 0.1) is 37.4 Å². The van der Waals surface area contributed by atoms with Crippen molar-refractivity contribution in [2.45, 2.75) is 25.8 Å². The molecule has 2 aliphatic heterocycles. The van der Waals surface area contributed by atoms with E-state index in [1.807, 2.05) is 6.07 Å². The molecule has 9 nitrogen and oxygen atoms in total. The van der Waals surface area contributed by atoms with Gasteiger partial charge in [0.25, 0.3) is 0 Å². The molecular weight excluding hydrogens is 394 g/mol. The smallest absolute Gasteiger partial charge is 0.247 e. The van der Waals surface area contributed by atoms with Crippen LogP contribution in [0.3, 0.4) is 0 Å². The average molecular weight is 419 g/mol. The zero-order valence-electron chi connectivity index (χ0n) is 17.3. The quantitative estimate of drug-likeness (QED) is 0.759. The lowest BCUT2D eigenvalue weighted by Gasteiger charge is -2.25. The predicted octanol–water partition coefficient (Wildman–Crippen LogP) is 2.10. The number of aromatic nitrogens is 3. The van der Waals surface area contributed by atoms with Crippen molar-refractivity contribution < 1.29 is 9.53 Å². The van der Waals surface area contributed by atoms with Gasteiger partial charge in [-0.2, -0.15) is 5.26 Å². The van der Waals surface area contributed by atoms with E-state index in [0.717, 1.165) is 57.1 Å². The van der Waals surface area contributed by atoms with Crippen molar-refractivity contribution in [3.05, 3.63) is 36.4 Å². The maximum atomic E-state index is 13.0. The van der Waals surface area contributed by atoms with Crippen LogP contribution in [0, 0.1) is 22.7 Å². The Bertz CT molecular complexity index is 996. The van der Waals surface area contributed by atoms with E-state index in [4.69, 9.17) is 4.74 Å². The fraction of sp³-hybridized carbons (Fsp3) is 0.500. The Morgan fingerprint density at radius 3 is 2.71 bits per heavy atom. The number of ether oxygens (including phenoxy) is 1. The Morgan fingerprint density at radius 2 is 2.00 bits per heavy atom. The van der Waals surface area contributed by atoms with Gasteiger partial charge < -0.3 is 15.0 Å². The highest BCUT2D eigenvalue weighted by Crippen LogP contribution is 2.51. The first-order valence-corrected chi connectivity index (χ1v) is 10.8. The molecule has 5 rings (SSSR count). The van der Waals surface area contributed by atoms with Crippen LogP contribution in [0.15, 0.2) is 30.7 Å². The SMILES string of the molecule is N#C[C@@]1(C2CC2)CCN(c2ccnc(Nc3cnc(CN4CCOCC4)cn3)c2)C1=O. The molecule has 31 heavy (non-hydrogen) atoms. The van der Waals surface area contributed by atoms with Crippen LogP contribution >= 0.6 is 0 Å². The maximum absolute atomic E-state index is 13.0. The van der Waals surface area contributed by atoms with Gasteiger partial charge in [-0.05, 0) is 31.2 Å². The van der Waals surface area contributed by atoms with Crippen molar-refractivity contribution >= 4 is 23.2 Å². The van der Waals surface area contributed by atoms with E-state index in [0.29, 0.717) is 24.6 Å². The molecule has 160 valence electrons. The van der Waals surface area contributed by atoms with Gasteiger partial charge >= 0.3 is 0 Å². The van der Waals surface area contributed by atoms with Crippen molar-refractivity contribution in [2.75, 3.05) is 43.1 Å². The summed E-state index contributed by atoms with van der Waals surface area (Å²) < 4.78 is 5.37. The molecule has 0 unspecified atom stereocenters. The maximum Gasteiger partial charge on any atom is 0.247 e. The lowest BCUT2D eigenvalue weighted by atomic mass is 9.83. The second-order valence-corrected chi connectivity index (χ2v) is 8.37. The lowest BCUT2D eigenvalue weighted by Crippen LogP contribution is -2.35. The van der Waals surface area contributed by atoms with E-state index in [2.05, 4.69) is 31.2 Å². The molecule has 1 atom stereocenters. The number of nitrogens with one attached hydrogen (secondary N) is 1. The first-order valence-electron chi connectivity index (χ1n) is 10.8. The van der Waals surface area contributed by atoms with Crippen molar-refractivity contribution in [1.82, 2.24) is 19.9 Å². The first-order chi connectivity index (χ1) is 15.2. The van der Waals surface area contributed by atoms with E-state index in [1.54, 1.807) is 29.6 Å². The number of rotatable bonds is 6. The van der Waals surface area contributed by atoms with E-state index < -0.39 is 5.41 Å². The van der Waals surface area contributed by atoms with Crippen LogP contribution in [0.5, 0.6) is 0 Å². The number of pyridine rings is 1. The second-order valence-electron chi connectivity index (χ2n) is 8.37. The Labute approximate surface area is 181 Å². The third kappa shape index (κ3) is 3.96. The minimum Gasteiger partial charge on any atom is -0.379 e. The summed E-state index contributed by atoms with van der Waals surface area (Å²) in [4.78, 5) is 30.3. The van der Waals surface area contributed by atoms with Gasteiger partial charge in [0, 0.05) is 44.1 Å². The summed E-state index contributed by atoms with van der Waals surface area (Å²) in [7, 11) is 0. The Kier molecular flexibility index (Phi) is 5.26. The van der Waals surface area contributed by atoms with Gasteiger partial charge in [-0.25, -0.2) is 9.97 Å². The van der Waals surface area contributed by atoms with E-state index in [1.165, 1.54) is 0 Å². The number of amides is 1. The standard InChI is InChI=1S/C22H25N7O2/c23-15-22(16-1-2-16)4-6-29(21(22)30)18-3-5-24-19(11-18)27-20-13-25-17(12-26-20)14-28-7-9-31-10-8-28/h3,5,11-13,16H,1-2,4,6-10,14H2,(H,24,26,27)/t22-/m1/s1. The summed E-state index contributed by atoms with van der Waals surface area (Å²) in [6, 6.07) is 5.95. The first kappa shape index (κ1) is 19.8. The molecule has 1 saturated carbocycles. The highest BCUT2D eigenvalue weighted by Gasteiger charge is 2.56. The van der Waals surface area contributed by atoms with Crippen molar-refractivity contribution in [2.24, 2.45) is 11.3 Å². The van der Waals surface area contributed by atoms with Crippen LogP contribution in [0.1, 0.15) is 25.0 Å². The number of anilines is 3. The van der Waals surface area contributed by atoms with Gasteiger partial charge in [-0.3, -0.25) is 14.7 Å². The lowest BCUT2D eigenvalue weighted by molar-refractivity contribution is -0.123. The van der Waals surface area contributed by atoms with Crippen molar-refractivity contribution in [3.8, 4) is 6.07 Å². The van der Waals surface area contributed by atoms with Crippen LogP contribution in [0.25, 0.3) is 0 Å². The number of hydrogen-bond donors (Lipinski definition) is 1. The molecule has 0 spiro atoms. The van der Waals surface area contributed by atoms with Crippen LogP contribution in [0.4, 0.5) is 17.3 Å². The molecule has 1 amide bonds. The van der Waals surface area contributed by atoms with Crippen LogP contribution in [-0.2, 0) is 16.1 Å². The summed E-state index contributed by atoms with van der Waals surface area (Å²) in [6.07, 6.45) is 7.65. The Morgan fingerprint density at radius 1 is 1.16 bits per heavy atom. The fourth-order valence-electron chi connectivity index (χ4n) is 4.41. The fourth-order valence-corrected chi connectivity index (χ4v) is 4.41. The van der Waals surface area contributed by atoms with Crippen molar-refractivity contribution in [3.63, 3.8) is 0 Å². The predicted molar refractivity (Wildman–Crippen MR) is 113 cm³/mol. The van der Waals surface area contributed by atoms with E-state index >= 15 is 0 Å². The number of carbonyl (C=O) groups is 1. The number of nitrogens with zero attached hydrogens (tertiary/aromatic N) is 6. The normalized spacial score (nSPS) is 24.2. The molecule has 1 N–H and O–H groups in total. The van der Waals surface area contributed by atoms with Gasteiger partial charge in [0.1, 0.15) is 17.1 Å². The Hall–Kier alpha value is -3.09. The van der Waals surface area contributed by atoms with Crippen molar-refractivity contribution in [1.29, 1.82) is 5.26 Å². The molecule has 2 saturated heterocycles. The molecule has 3 fully saturated rings. The van der Waals surface area contributed by atoms with Gasteiger partial charge in [0.15, 0.2) is 0 Å². The molecule has 4 heterocycles. The number of hydrogen-bond acceptors (Lipinski definition) is 8. The highest BCUT2D eigenvalue weighted by molar-refractivity contribution is 6.02. The van der Waals surface area contributed by atoms with Gasteiger partial charge in [-0.1, -0.05) is 0 Å². The molecule has 9 heteroatoms. The minimum absolute atomic E-state index is 0.0816. The van der Waals surface area contributed by atoms with Gasteiger partial charge in [-0.15, -0.1) is 0 Å². The van der Waals surface area contributed by atoms with E-state index in [-0.39, 0.29) is 11.8 Å². The van der Waals surface area contributed by atoms with Crippen LogP contribution in [0.2, 0.25) is 0 Å². The van der Waals surface area contributed by atoms with Crippen LogP contribution < -0.4 is 10.2 Å². The molecule has 0 bridgehead atoms. The number of nitriles is 1. The molecule has 0 radical (unpaired) electrons. The highest BCUT2D eigenvalue weighted by atomic mass is 16.5. The molecule has 2 aromatic heterocycles. The summed E-state index contributed by atoms with van der Waals surface area (Å²) >= 11 is 0. The second kappa shape index (κ2) is 8.21. The summed E-state index contributed by atoms with van der Waals surface area (Å²) in [5.41, 5.74) is 0.806. The number of morpholine rings is 1. The van der Waals surface area contributed by atoms with Gasteiger partial charge in [0.2, 0.25) is 5.91 Å².